The minimum Gasteiger partial charge on any atom is -0.378 e. The second kappa shape index (κ2) is 5.88. The Labute approximate surface area is 122 Å². The molecule has 1 aromatic heterocycles. The van der Waals surface area contributed by atoms with Crippen LogP contribution in [0, 0.1) is 6.92 Å². The van der Waals surface area contributed by atoms with Crippen molar-refractivity contribution in [1.29, 1.82) is 0 Å². The smallest absolute Gasteiger partial charge is 0.275 e. The summed E-state index contributed by atoms with van der Waals surface area (Å²) < 4.78 is 0. The van der Waals surface area contributed by atoms with Crippen molar-refractivity contribution in [3.8, 4) is 0 Å². The lowest BCUT2D eigenvalue weighted by molar-refractivity contribution is 0.102. The van der Waals surface area contributed by atoms with E-state index in [0.717, 1.165) is 16.9 Å². The lowest BCUT2D eigenvalue weighted by Crippen LogP contribution is -2.15. The topological polar surface area (TPSA) is 58.1 Å². The van der Waals surface area contributed by atoms with Crippen molar-refractivity contribution in [1.82, 2.24) is 9.97 Å². The molecule has 6 heteroatoms. The van der Waals surface area contributed by atoms with Gasteiger partial charge in [-0.1, -0.05) is 11.6 Å². The van der Waals surface area contributed by atoms with Crippen LogP contribution in [-0.4, -0.2) is 30.0 Å². The van der Waals surface area contributed by atoms with Crippen molar-refractivity contribution in [3.05, 3.63) is 47.0 Å². The molecule has 2 rings (SSSR count). The maximum atomic E-state index is 12.0. The van der Waals surface area contributed by atoms with Crippen LogP contribution in [0.25, 0.3) is 0 Å². The maximum absolute atomic E-state index is 12.0. The normalized spacial score (nSPS) is 10.2. The van der Waals surface area contributed by atoms with Crippen LogP contribution in [0.5, 0.6) is 0 Å². The highest BCUT2D eigenvalue weighted by Crippen LogP contribution is 2.21. The molecule has 1 amide bonds. The van der Waals surface area contributed by atoms with Gasteiger partial charge in [-0.25, -0.2) is 9.97 Å². The van der Waals surface area contributed by atoms with E-state index in [1.165, 1.54) is 12.4 Å². The fraction of sp³-hybridized carbons (Fsp3) is 0.214. The third-order valence-corrected chi connectivity index (χ3v) is 3.02. The lowest BCUT2D eigenvalue weighted by Gasteiger charge is -2.15. The molecular weight excluding hydrogens is 276 g/mol. The van der Waals surface area contributed by atoms with Crippen molar-refractivity contribution in [2.75, 3.05) is 24.3 Å². The first-order valence-electron chi connectivity index (χ1n) is 6.04. The predicted molar refractivity (Wildman–Crippen MR) is 80.5 cm³/mol. The van der Waals surface area contributed by atoms with E-state index in [9.17, 15) is 4.79 Å². The summed E-state index contributed by atoms with van der Waals surface area (Å²) in [5, 5.41) is 3.07. The first-order valence-corrected chi connectivity index (χ1v) is 6.42. The van der Waals surface area contributed by atoms with Crippen LogP contribution >= 0.6 is 11.6 Å². The van der Waals surface area contributed by atoms with Gasteiger partial charge < -0.3 is 10.2 Å². The van der Waals surface area contributed by atoms with Gasteiger partial charge in [-0.3, -0.25) is 4.79 Å². The van der Waals surface area contributed by atoms with Gasteiger partial charge in [0, 0.05) is 25.5 Å². The number of halogens is 1. The summed E-state index contributed by atoms with van der Waals surface area (Å²) in [6, 6.07) is 5.81. The van der Waals surface area contributed by atoms with E-state index in [1.807, 2.05) is 44.1 Å². The molecule has 0 bridgehead atoms. The van der Waals surface area contributed by atoms with Gasteiger partial charge in [0.15, 0.2) is 0 Å². The standard InChI is InChI=1S/C14H15ClN4O/c1-9-6-10(19(2)3)4-5-11(9)18-14(20)12-7-17-13(15)8-16-12/h4-8H,1-3H3,(H,18,20). The van der Waals surface area contributed by atoms with Crippen molar-refractivity contribution >= 4 is 28.9 Å². The molecule has 0 atom stereocenters. The molecule has 0 spiro atoms. The SMILES string of the molecule is Cc1cc(N(C)C)ccc1NC(=O)c1cnc(Cl)cn1. The monoisotopic (exact) mass is 290 g/mol. The molecule has 0 saturated heterocycles. The molecule has 2 aromatic rings. The van der Waals surface area contributed by atoms with Crippen LogP contribution in [0.4, 0.5) is 11.4 Å². The minimum absolute atomic E-state index is 0.227. The van der Waals surface area contributed by atoms with Crippen molar-refractivity contribution in [2.24, 2.45) is 0 Å². The third kappa shape index (κ3) is 3.24. The zero-order valence-electron chi connectivity index (χ0n) is 11.5. The lowest BCUT2D eigenvalue weighted by atomic mass is 10.1. The summed E-state index contributed by atoms with van der Waals surface area (Å²) in [6.07, 6.45) is 2.69. The summed E-state index contributed by atoms with van der Waals surface area (Å²) in [5.41, 5.74) is 3.03. The van der Waals surface area contributed by atoms with Gasteiger partial charge in [0.1, 0.15) is 10.8 Å². The number of nitrogens with zero attached hydrogens (tertiary/aromatic N) is 3. The van der Waals surface area contributed by atoms with Crippen molar-refractivity contribution < 1.29 is 4.79 Å². The number of hydrogen-bond donors (Lipinski definition) is 1. The average Bonchev–Trinajstić information content (AvgIpc) is 2.41. The van der Waals surface area contributed by atoms with Gasteiger partial charge in [-0.05, 0) is 30.7 Å². The fourth-order valence-electron chi connectivity index (χ4n) is 1.68. The fourth-order valence-corrected chi connectivity index (χ4v) is 1.78. The Morgan fingerprint density at radius 3 is 2.55 bits per heavy atom. The largest absolute Gasteiger partial charge is 0.378 e. The molecule has 1 N–H and O–H groups in total. The molecule has 0 aliphatic carbocycles. The number of hydrogen-bond acceptors (Lipinski definition) is 4. The highest BCUT2D eigenvalue weighted by molar-refractivity contribution is 6.29. The summed E-state index contributed by atoms with van der Waals surface area (Å²) in [5.74, 6) is -0.310. The molecule has 0 radical (unpaired) electrons. The van der Waals surface area contributed by atoms with Gasteiger partial charge in [0.25, 0.3) is 5.91 Å². The number of carbonyl (C=O) groups is 1. The van der Waals surface area contributed by atoms with E-state index in [-0.39, 0.29) is 16.8 Å². The van der Waals surface area contributed by atoms with Gasteiger partial charge in [0.05, 0.1) is 12.4 Å². The highest BCUT2D eigenvalue weighted by atomic mass is 35.5. The first-order chi connectivity index (χ1) is 9.47. The number of anilines is 2. The second-order valence-corrected chi connectivity index (χ2v) is 4.96. The molecule has 0 aliphatic heterocycles. The van der Waals surface area contributed by atoms with E-state index >= 15 is 0 Å². The van der Waals surface area contributed by atoms with Crippen LogP contribution in [0.3, 0.4) is 0 Å². The average molecular weight is 291 g/mol. The molecule has 0 fully saturated rings. The molecule has 1 aromatic carbocycles. The van der Waals surface area contributed by atoms with Crippen LogP contribution in [0.1, 0.15) is 16.1 Å². The van der Waals surface area contributed by atoms with E-state index in [2.05, 4.69) is 15.3 Å². The zero-order chi connectivity index (χ0) is 14.7. The number of amides is 1. The Morgan fingerprint density at radius 2 is 2.00 bits per heavy atom. The molecular formula is C14H15ClN4O. The Morgan fingerprint density at radius 1 is 1.25 bits per heavy atom. The number of benzene rings is 1. The van der Waals surface area contributed by atoms with Gasteiger partial charge in [-0.2, -0.15) is 0 Å². The van der Waals surface area contributed by atoms with Crippen molar-refractivity contribution in [2.45, 2.75) is 6.92 Å². The number of aromatic nitrogens is 2. The molecule has 0 unspecified atom stereocenters. The number of rotatable bonds is 3. The van der Waals surface area contributed by atoms with Crippen LogP contribution in [0.15, 0.2) is 30.6 Å². The van der Waals surface area contributed by atoms with Crippen LogP contribution < -0.4 is 10.2 Å². The first kappa shape index (κ1) is 14.3. The Hall–Kier alpha value is -2.14. The minimum atomic E-state index is -0.310. The quantitative estimate of drug-likeness (QED) is 0.944. The van der Waals surface area contributed by atoms with Gasteiger partial charge in [0.2, 0.25) is 0 Å². The van der Waals surface area contributed by atoms with Gasteiger partial charge in [-0.15, -0.1) is 0 Å². The zero-order valence-corrected chi connectivity index (χ0v) is 12.3. The number of nitrogens with one attached hydrogen (secondary N) is 1. The maximum Gasteiger partial charge on any atom is 0.275 e. The highest BCUT2D eigenvalue weighted by Gasteiger charge is 2.10. The Bertz CT molecular complexity index is 626. The molecule has 20 heavy (non-hydrogen) atoms. The van der Waals surface area contributed by atoms with Gasteiger partial charge >= 0.3 is 0 Å². The molecule has 104 valence electrons. The molecule has 5 nitrogen and oxygen atoms in total. The predicted octanol–water partition coefficient (Wildman–Crippen LogP) is 2.76. The molecule has 1 heterocycles. The number of aryl methyl sites for hydroxylation is 1. The summed E-state index contributed by atoms with van der Waals surface area (Å²) in [7, 11) is 3.94. The van der Waals surface area contributed by atoms with Crippen LogP contribution in [-0.2, 0) is 0 Å². The van der Waals surface area contributed by atoms with Crippen molar-refractivity contribution in [3.63, 3.8) is 0 Å². The second-order valence-electron chi connectivity index (χ2n) is 4.57. The van der Waals surface area contributed by atoms with E-state index in [0.29, 0.717) is 0 Å². The van der Waals surface area contributed by atoms with E-state index in [4.69, 9.17) is 11.6 Å². The summed E-state index contributed by atoms with van der Waals surface area (Å²) in [4.78, 5) is 21.8. The summed E-state index contributed by atoms with van der Waals surface area (Å²) >= 11 is 5.64. The Balaban J connectivity index is 2.17. The third-order valence-electron chi connectivity index (χ3n) is 2.83. The van der Waals surface area contributed by atoms with Crippen LogP contribution in [0.2, 0.25) is 5.15 Å². The number of carbonyl (C=O) groups excluding carboxylic acids is 1. The Kier molecular flexibility index (Phi) is 4.20. The molecule has 0 aliphatic rings. The summed E-state index contributed by atoms with van der Waals surface area (Å²) in [6.45, 7) is 1.94. The van der Waals surface area contributed by atoms with E-state index in [1.54, 1.807) is 0 Å². The van der Waals surface area contributed by atoms with E-state index < -0.39 is 0 Å². The molecule has 0 saturated carbocycles.